The SMILES string of the molecule is C=C1/C=C2/C(=O)N(c3nccc(-c4cc(Nc5ccc(N6CCN(CCO)CC6)cn5)c(=O)n(C)c4)c3CO)CCN2CCCCC1. The Morgan fingerprint density at radius 2 is 1.74 bits per heavy atom. The molecule has 1 amide bonds. The van der Waals surface area contributed by atoms with Crippen LogP contribution in [0.5, 0.6) is 0 Å². The number of piperazine rings is 2. The average molecular weight is 641 g/mol. The minimum atomic E-state index is -0.333. The summed E-state index contributed by atoms with van der Waals surface area (Å²) in [5.74, 6) is 0.801. The summed E-state index contributed by atoms with van der Waals surface area (Å²) in [5.41, 5.74) is 4.57. The average Bonchev–Trinajstić information content (AvgIpc) is 3.17. The molecule has 0 atom stereocenters. The molecule has 0 aliphatic carbocycles. The zero-order chi connectivity index (χ0) is 32.9. The summed E-state index contributed by atoms with van der Waals surface area (Å²) in [5, 5.41) is 23.0. The van der Waals surface area contributed by atoms with Crippen molar-refractivity contribution in [2.45, 2.75) is 32.3 Å². The van der Waals surface area contributed by atoms with Crippen LogP contribution in [0.3, 0.4) is 0 Å². The number of anilines is 4. The second kappa shape index (κ2) is 14.5. The van der Waals surface area contributed by atoms with Crippen LogP contribution < -0.4 is 20.7 Å². The third kappa shape index (κ3) is 7.09. The van der Waals surface area contributed by atoms with Crippen molar-refractivity contribution < 1.29 is 15.0 Å². The maximum absolute atomic E-state index is 13.9. The molecule has 6 rings (SSSR count). The van der Waals surface area contributed by atoms with Gasteiger partial charge in [0.1, 0.15) is 23.0 Å². The highest BCUT2D eigenvalue weighted by atomic mass is 16.3. The van der Waals surface area contributed by atoms with Gasteiger partial charge in [0.25, 0.3) is 11.5 Å². The number of carbonyl (C=O) groups excluding carboxylic acids is 1. The van der Waals surface area contributed by atoms with E-state index in [0.29, 0.717) is 59.3 Å². The van der Waals surface area contributed by atoms with Crippen molar-refractivity contribution >= 4 is 28.9 Å². The molecule has 12 nitrogen and oxygen atoms in total. The first-order valence-corrected chi connectivity index (χ1v) is 16.4. The van der Waals surface area contributed by atoms with E-state index >= 15 is 0 Å². The van der Waals surface area contributed by atoms with Gasteiger partial charge in [-0.15, -0.1) is 0 Å². The highest BCUT2D eigenvalue weighted by molar-refractivity contribution is 6.06. The molecule has 0 saturated carbocycles. The van der Waals surface area contributed by atoms with Crippen molar-refractivity contribution in [2.24, 2.45) is 7.05 Å². The van der Waals surface area contributed by atoms with E-state index in [4.69, 9.17) is 0 Å². The van der Waals surface area contributed by atoms with E-state index in [9.17, 15) is 19.8 Å². The van der Waals surface area contributed by atoms with Crippen molar-refractivity contribution in [3.05, 3.63) is 82.7 Å². The second-order valence-electron chi connectivity index (χ2n) is 12.4. The van der Waals surface area contributed by atoms with Gasteiger partial charge in [-0.3, -0.25) is 19.4 Å². The zero-order valence-electron chi connectivity index (χ0n) is 27.1. The summed E-state index contributed by atoms with van der Waals surface area (Å²) in [6.45, 7) is 10.1. The van der Waals surface area contributed by atoms with Crippen LogP contribution in [0.2, 0.25) is 0 Å². The fourth-order valence-electron chi connectivity index (χ4n) is 6.65. The molecule has 3 aliphatic heterocycles. The lowest BCUT2D eigenvalue weighted by molar-refractivity contribution is -0.117. The molecule has 3 aliphatic rings. The third-order valence-electron chi connectivity index (χ3n) is 9.27. The van der Waals surface area contributed by atoms with E-state index in [2.05, 4.69) is 36.6 Å². The van der Waals surface area contributed by atoms with Crippen LogP contribution in [0.25, 0.3) is 11.1 Å². The Balaban J connectivity index is 1.25. The Labute approximate surface area is 275 Å². The van der Waals surface area contributed by atoms with Crippen LogP contribution in [-0.2, 0) is 18.4 Å². The number of aliphatic hydroxyl groups is 2. The predicted molar refractivity (Wildman–Crippen MR) is 184 cm³/mol. The lowest BCUT2D eigenvalue weighted by Gasteiger charge is -2.37. The van der Waals surface area contributed by atoms with Gasteiger partial charge in [0.05, 0.1) is 25.1 Å². The third-order valence-corrected chi connectivity index (χ3v) is 9.27. The van der Waals surface area contributed by atoms with Gasteiger partial charge in [0.15, 0.2) is 0 Å². The van der Waals surface area contributed by atoms with Crippen LogP contribution >= 0.6 is 0 Å². The molecule has 0 bridgehead atoms. The number of allylic oxidation sites excluding steroid dienone is 2. The zero-order valence-corrected chi connectivity index (χ0v) is 27.1. The Morgan fingerprint density at radius 1 is 0.936 bits per heavy atom. The molecule has 3 N–H and O–H groups in total. The monoisotopic (exact) mass is 640 g/mol. The summed E-state index contributed by atoms with van der Waals surface area (Å²) in [7, 11) is 1.68. The molecule has 3 aromatic rings. The van der Waals surface area contributed by atoms with Crippen LogP contribution in [-0.4, -0.2) is 99.4 Å². The molecule has 6 heterocycles. The van der Waals surface area contributed by atoms with Gasteiger partial charge >= 0.3 is 0 Å². The van der Waals surface area contributed by atoms with E-state index in [1.807, 2.05) is 18.2 Å². The summed E-state index contributed by atoms with van der Waals surface area (Å²) >= 11 is 0. The van der Waals surface area contributed by atoms with Gasteiger partial charge in [-0.1, -0.05) is 18.6 Å². The first kappa shape index (κ1) is 32.4. The molecule has 3 aromatic heterocycles. The van der Waals surface area contributed by atoms with Crippen molar-refractivity contribution in [1.29, 1.82) is 0 Å². The summed E-state index contributed by atoms with van der Waals surface area (Å²) in [6.07, 6.45) is 11.1. The van der Waals surface area contributed by atoms with Crippen molar-refractivity contribution in [3.8, 4) is 11.1 Å². The van der Waals surface area contributed by atoms with E-state index in [1.54, 1.807) is 42.7 Å². The number of aryl methyl sites for hydroxylation is 1. The topological polar surface area (TPSA) is 130 Å². The summed E-state index contributed by atoms with van der Waals surface area (Å²) in [4.78, 5) is 44.6. The Morgan fingerprint density at radius 3 is 2.49 bits per heavy atom. The van der Waals surface area contributed by atoms with Crippen molar-refractivity contribution in [1.82, 2.24) is 24.3 Å². The molecule has 0 radical (unpaired) electrons. The normalized spacial score (nSPS) is 19.0. The summed E-state index contributed by atoms with van der Waals surface area (Å²) < 4.78 is 1.50. The first-order valence-electron chi connectivity index (χ1n) is 16.4. The molecule has 47 heavy (non-hydrogen) atoms. The molecule has 2 saturated heterocycles. The van der Waals surface area contributed by atoms with Gasteiger partial charge in [0, 0.05) is 82.9 Å². The number of hydrogen-bond donors (Lipinski definition) is 3. The van der Waals surface area contributed by atoms with Gasteiger partial charge in [0.2, 0.25) is 0 Å². The van der Waals surface area contributed by atoms with E-state index in [1.165, 1.54) is 4.57 Å². The van der Waals surface area contributed by atoms with Crippen molar-refractivity contribution in [3.63, 3.8) is 0 Å². The van der Waals surface area contributed by atoms with Crippen molar-refractivity contribution in [2.75, 3.05) is 74.1 Å². The number of nitrogens with one attached hydrogen (secondary N) is 1. The summed E-state index contributed by atoms with van der Waals surface area (Å²) in [6, 6.07) is 7.40. The van der Waals surface area contributed by atoms with E-state index < -0.39 is 0 Å². The minimum absolute atomic E-state index is 0.150. The van der Waals surface area contributed by atoms with E-state index in [0.717, 1.165) is 69.7 Å². The van der Waals surface area contributed by atoms with Gasteiger partial charge in [-0.05, 0) is 55.2 Å². The number of pyridine rings is 3. The fourth-order valence-corrected chi connectivity index (χ4v) is 6.65. The van der Waals surface area contributed by atoms with E-state index in [-0.39, 0.29) is 24.7 Å². The number of fused-ring (bicyclic) bond motifs is 1. The maximum Gasteiger partial charge on any atom is 0.275 e. The molecule has 0 unspecified atom stereocenters. The number of amides is 1. The fraction of sp³-hybridized carbons (Fsp3) is 0.429. The predicted octanol–water partition coefficient (Wildman–Crippen LogP) is 2.86. The second-order valence-corrected chi connectivity index (χ2v) is 12.4. The number of aliphatic hydroxyl groups excluding tert-OH is 2. The number of rotatable bonds is 8. The van der Waals surface area contributed by atoms with Crippen LogP contribution in [0, 0.1) is 0 Å². The Bertz CT molecular complexity index is 1690. The number of carbonyl (C=O) groups is 1. The lowest BCUT2D eigenvalue weighted by Crippen LogP contribution is -2.49. The lowest BCUT2D eigenvalue weighted by atomic mass is 10.0. The smallest absolute Gasteiger partial charge is 0.275 e. The minimum Gasteiger partial charge on any atom is -0.395 e. The standard InChI is InChI=1S/C35H44N8O4/c1-25-6-4-3-5-11-42-16-17-43(35(47)31(42)20-25)33-29(24-45)28(9-10-36-33)26-21-30(34(46)39(2)23-26)38-32-8-7-27(22-37-32)41-14-12-40(13-15-41)18-19-44/h7-10,20-23,44-45H,1,3-6,11-19,24H2,2H3,(H,37,38)/b31-20-. The number of hydrogen-bond acceptors (Lipinski definition) is 10. The van der Waals surface area contributed by atoms with Crippen LogP contribution in [0.1, 0.15) is 31.2 Å². The molecular weight excluding hydrogens is 596 g/mol. The van der Waals surface area contributed by atoms with Crippen LogP contribution in [0.4, 0.5) is 23.0 Å². The largest absolute Gasteiger partial charge is 0.395 e. The number of β-amino-alcohol motifs (C(OH)–C–C–N with tert-alkyl or cyclic N) is 1. The number of nitrogens with zero attached hydrogens (tertiary/aromatic N) is 7. The van der Waals surface area contributed by atoms with Gasteiger partial charge in [-0.25, -0.2) is 9.97 Å². The maximum atomic E-state index is 13.9. The molecule has 248 valence electrons. The molecule has 0 aromatic carbocycles. The van der Waals surface area contributed by atoms with Gasteiger partial charge in [-0.2, -0.15) is 0 Å². The molecule has 12 heteroatoms. The Kier molecular flexibility index (Phi) is 10.00. The Hall–Kier alpha value is -4.52. The number of aromatic nitrogens is 3. The van der Waals surface area contributed by atoms with Crippen LogP contribution in [0.15, 0.2) is 71.6 Å². The highest BCUT2D eigenvalue weighted by Gasteiger charge is 2.32. The van der Waals surface area contributed by atoms with Gasteiger partial charge < -0.3 is 29.9 Å². The first-order chi connectivity index (χ1) is 22.9. The quantitative estimate of drug-likeness (QED) is 0.338. The molecular formula is C35H44N8O4. The molecule has 0 spiro atoms. The highest BCUT2D eigenvalue weighted by Crippen LogP contribution is 2.33. The molecule has 2 fully saturated rings.